The van der Waals surface area contributed by atoms with Crippen LogP contribution in [0.15, 0.2) is 47.6 Å². The number of oxime groups is 1. The number of carbonyl (C=O) groups is 1. The number of benzene rings is 2. The monoisotopic (exact) mass is 552 g/mol. The average Bonchev–Trinajstić information content (AvgIpc) is 3.38. The van der Waals surface area contributed by atoms with Gasteiger partial charge in [0, 0.05) is 46.1 Å². The molecule has 1 aliphatic rings. The van der Waals surface area contributed by atoms with Crippen LogP contribution in [0.5, 0.6) is 0 Å². The number of halogens is 5. The molecular weight excluding hydrogens is 528 g/mol. The molecule has 0 bridgehead atoms. The molecule has 1 N–H and O–H groups in total. The van der Waals surface area contributed by atoms with E-state index in [4.69, 9.17) is 28.0 Å². The zero-order chi connectivity index (χ0) is 27.3. The molecule has 196 valence electrons. The zero-order valence-electron chi connectivity index (χ0n) is 20.8. The highest BCUT2D eigenvalue weighted by molar-refractivity contribution is 6.34. The maximum atomic E-state index is 14.3. The quantitative estimate of drug-likeness (QED) is 0.373. The van der Waals surface area contributed by atoms with Gasteiger partial charge in [0.1, 0.15) is 5.82 Å². The van der Waals surface area contributed by atoms with Gasteiger partial charge in [-0.05, 0) is 48.4 Å². The third-order valence-electron chi connectivity index (χ3n) is 6.21. The summed E-state index contributed by atoms with van der Waals surface area (Å²) in [5, 5.41) is 11.2. The molecule has 0 aliphatic carbocycles. The predicted octanol–water partition coefficient (Wildman–Crippen LogP) is 7.17. The van der Waals surface area contributed by atoms with Crippen LogP contribution in [0.1, 0.15) is 59.9 Å². The number of hydrogen-bond donors (Lipinski definition) is 1. The molecule has 3 aromatic rings. The first-order chi connectivity index (χ1) is 17.1. The lowest BCUT2D eigenvalue weighted by molar-refractivity contribution is -0.275. The molecule has 1 amide bonds. The molecule has 1 aliphatic heterocycles. The van der Waals surface area contributed by atoms with Crippen LogP contribution in [0.2, 0.25) is 10.0 Å². The van der Waals surface area contributed by atoms with Crippen LogP contribution in [-0.4, -0.2) is 27.6 Å². The van der Waals surface area contributed by atoms with Crippen molar-refractivity contribution in [2.24, 2.45) is 12.2 Å². The van der Waals surface area contributed by atoms with Crippen LogP contribution in [-0.2, 0) is 22.9 Å². The first-order valence-electron chi connectivity index (χ1n) is 11.4. The van der Waals surface area contributed by atoms with Crippen molar-refractivity contribution in [3.63, 3.8) is 0 Å². The van der Waals surface area contributed by atoms with Gasteiger partial charge in [-0.1, -0.05) is 55.2 Å². The van der Waals surface area contributed by atoms with Crippen LogP contribution in [0.4, 0.5) is 19.0 Å². The van der Waals surface area contributed by atoms with E-state index in [2.05, 4.69) is 15.6 Å². The molecule has 0 fully saturated rings. The van der Waals surface area contributed by atoms with Crippen molar-refractivity contribution in [2.45, 2.75) is 51.3 Å². The number of amides is 1. The van der Waals surface area contributed by atoms with Crippen molar-refractivity contribution in [3.8, 4) is 0 Å². The van der Waals surface area contributed by atoms with Gasteiger partial charge in [0.05, 0.1) is 11.4 Å². The Bertz CT molecular complexity index is 1390. The highest BCUT2D eigenvalue weighted by atomic mass is 35.5. The van der Waals surface area contributed by atoms with Crippen molar-refractivity contribution in [2.75, 3.05) is 5.32 Å². The molecule has 4 rings (SSSR count). The molecule has 1 aromatic heterocycles. The maximum Gasteiger partial charge on any atom is 0.435 e. The number of aromatic nitrogens is 2. The van der Waals surface area contributed by atoms with Crippen LogP contribution in [0.3, 0.4) is 0 Å². The molecule has 0 saturated carbocycles. The number of anilines is 1. The minimum absolute atomic E-state index is 0.0532. The fraction of sp³-hybridized carbons (Fsp3) is 0.346. The molecule has 0 saturated heterocycles. The summed E-state index contributed by atoms with van der Waals surface area (Å²) < 4.78 is 44.4. The lowest BCUT2D eigenvalue weighted by Crippen LogP contribution is -2.42. The lowest BCUT2D eigenvalue weighted by Gasteiger charge is -2.29. The van der Waals surface area contributed by atoms with Gasteiger partial charge in [-0.25, -0.2) is 0 Å². The fourth-order valence-corrected chi connectivity index (χ4v) is 4.60. The molecule has 0 spiro atoms. The molecule has 2 heterocycles. The molecule has 2 aromatic carbocycles. The van der Waals surface area contributed by atoms with Crippen molar-refractivity contribution in [1.29, 1.82) is 0 Å². The Morgan fingerprint density at radius 1 is 1.08 bits per heavy atom. The summed E-state index contributed by atoms with van der Waals surface area (Å²) in [4.78, 5) is 18.0. The summed E-state index contributed by atoms with van der Waals surface area (Å²) >= 11 is 11.9. The van der Waals surface area contributed by atoms with E-state index in [0.717, 1.165) is 5.69 Å². The van der Waals surface area contributed by atoms with Gasteiger partial charge in [-0.2, -0.15) is 18.3 Å². The largest absolute Gasteiger partial charge is 0.435 e. The van der Waals surface area contributed by atoms with E-state index in [0.29, 0.717) is 22.5 Å². The zero-order valence-corrected chi connectivity index (χ0v) is 22.3. The van der Waals surface area contributed by atoms with Crippen molar-refractivity contribution < 1.29 is 22.8 Å². The number of aryl methyl sites for hydroxylation is 2. The Balaban J connectivity index is 1.59. The fourth-order valence-electron chi connectivity index (χ4n) is 4.08. The SMILES string of the molecule is Cc1cc(C2=NOC(c3cc(Cl)cc(Cl)c3)(C(F)(F)F)C2)ccc1C(=O)Nc1cc(C(C)(C)C)nn1C. The minimum atomic E-state index is -4.80. The summed E-state index contributed by atoms with van der Waals surface area (Å²) in [6.07, 6.45) is -5.38. The van der Waals surface area contributed by atoms with Gasteiger partial charge in [-0.3, -0.25) is 9.48 Å². The number of nitrogens with zero attached hydrogens (tertiary/aromatic N) is 3. The van der Waals surface area contributed by atoms with Crippen molar-refractivity contribution in [1.82, 2.24) is 9.78 Å². The lowest BCUT2D eigenvalue weighted by atomic mass is 9.86. The van der Waals surface area contributed by atoms with Gasteiger partial charge in [0.25, 0.3) is 11.5 Å². The highest BCUT2D eigenvalue weighted by Crippen LogP contribution is 2.49. The molecule has 11 heteroatoms. The topological polar surface area (TPSA) is 68.5 Å². The van der Waals surface area contributed by atoms with Crippen LogP contribution >= 0.6 is 23.2 Å². The molecule has 6 nitrogen and oxygen atoms in total. The number of rotatable bonds is 4. The Morgan fingerprint density at radius 3 is 2.27 bits per heavy atom. The van der Waals surface area contributed by atoms with Crippen molar-refractivity contribution >= 4 is 40.6 Å². The molecule has 1 unspecified atom stereocenters. The van der Waals surface area contributed by atoms with Crippen LogP contribution in [0.25, 0.3) is 0 Å². The smallest absolute Gasteiger partial charge is 0.374 e. The summed E-state index contributed by atoms with van der Waals surface area (Å²) in [7, 11) is 1.74. The van der Waals surface area contributed by atoms with E-state index in [1.54, 1.807) is 36.9 Å². The number of nitrogens with one attached hydrogen (secondary N) is 1. The van der Waals surface area contributed by atoms with E-state index < -0.39 is 18.2 Å². The Kier molecular flexibility index (Phi) is 6.84. The van der Waals surface area contributed by atoms with Gasteiger partial charge >= 0.3 is 6.18 Å². The summed E-state index contributed by atoms with van der Waals surface area (Å²) in [5.74, 6) is 0.164. The molecule has 37 heavy (non-hydrogen) atoms. The maximum absolute atomic E-state index is 14.3. The third-order valence-corrected chi connectivity index (χ3v) is 6.65. The predicted molar refractivity (Wildman–Crippen MR) is 137 cm³/mol. The molecule has 0 radical (unpaired) electrons. The van der Waals surface area contributed by atoms with Crippen LogP contribution in [0, 0.1) is 6.92 Å². The van der Waals surface area contributed by atoms with E-state index in [9.17, 15) is 18.0 Å². The van der Waals surface area contributed by atoms with E-state index in [-0.39, 0.29) is 32.6 Å². The Morgan fingerprint density at radius 2 is 1.73 bits per heavy atom. The second kappa shape index (κ2) is 9.36. The van der Waals surface area contributed by atoms with Gasteiger partial charge in [0.2, 0.25) is 0 Å². The normalized spacial score (nSPS) is 17.9. The van der Waals surface area contributed by atoms with Crippen molar-refractivity contribution in [3.05, 3.63) is 80.5 Å². The number of hydrogen-bond acceptors (Lipinski definition) is 4. The van der Waals surface area contributed by atoms with Gasteiger partial charge in [-0.15, -0.1) is 0 Å². The Labute approximate surface area is 222 Å². The number of carbonyl (C=O) groups excluding carboxylic acids is 1. The van der Waals surface area contributed by atoms with E-state index >= 15 is 0 Å². The average molecular weight is 553 g/mol. The summed E-state index contributed by atoms with van der Waals surface area (Å²) in [6.45, 7) is 7.77. The first kappa shape index (κ1) is 27.0. The third kappa shape index (κ3) is 5.20. The molecular formula is C26H25Cl2F3N4O2. The van der Waals surface area contributed by atoms with Gasteiger partial charge < -0.3 is 10.2 Å². The standard InChI is InChI=1S/C26H25Cl2F3N4O2/c1-14-8-15(6-7-19(14)23(36)32-22-12-21(24(2,3)4)33-35(22)5)20-13-25(37-34-20,26(29,30)31)16-9-17(27)11-18(28)10-16/h6-12H,13H2,1-5H3,(H,32,36). The second-order valence-corrected chi connectivity index (χ2v) is 10.9. The highest BCUT2D eigenvalue weighted by Gasteiger charge is 2.62. The minimum Gasteiger partial charge on any atom is -0.374 e. The second-order valence-electron chi connectivity index (χ2n) is 10.1. The van der Waals surface area contributed by atoms with Gasteiger partial charge in [0.15, 0.2) is 0 Å². The summed E-state index contributed by atoms with van der Waals surface area (Å²) in [6, 6.07) is 10.2. The molecule has 1 atom stereocenters. The Hall–Kier alpha value is -3.04. The first-order valence-corrected chi connectivity index (χ1v) is 12.1. The summed E-state index contributed by atoms with van der Waals surface area (Å²) in [5.41, 5.74) is -0.916. The van der Waals surface area contributed by atoms with E-state index in [1.165, 1.54) is 18.2 Å². The number of alkyl halides is 3. The van der Waals surface area contributed by atoms with E-state index in [1.807, 2.05) is 26.8 Å². The van der Waals surface area contributed by atoms with Crippen LogP contribution < -0.4 is 5.32 Å².